The summed E-state index contributed by atoms with van der Waals surface area (Å²) in [5.41, 5.74) is -0.578. The standard InChI is InChI=1S/C18H30N4O8S/c1-18(2,3)29-17(25)20-9-4-5-12(8-10-20)19-15(23)14-7-6-13-11-21(14)16(24)22(13)30-31(26,27)28/h12-14H,4-11H2,1-3H3,(H,19,23)(H,26,27,28)/t12-,13+,14-/m0/s1. The number of nitrogens with zero attached hydrogens (tertiary/aromatic N) is 3. The zero-order valence-corrected chi connectivity index (χ0v) is 18.8. The Bertz CT molecular complexity index is 827. The normalized spacial score (nSPS) is 27.2. The molecule has 0 aliphatic carbocycles. The fourth-order valence-electron chi connectivity index (χ4n) is 4.15. The summed E-state index contributed by atoms with van der Waals surface area (Å²) in [6, 6.07) is -2.21. The van der Waals surface area contributed by atoms with Crippen LogP contribution < -0.4 is 5.32 Å². The number of hydrogen-bond donors (Lipinski definition) is 2. The van der Waals surface area contributed by atoms with E-state index in [0.717, 1.165) is 0 Å². The number of fused-ring (bicyclic) bond motifs is 2. The second-order valence-corrected chi connectivity index (χ2v) is 10.1. The zero-order valence-electron chi connectivity index (χ0n) is 17.9. The number of hydrogen-bond acceptors (Lipinski definition) is 7. The molecular weight excluding hydrogens is 432 g/mol. The lowest BCUT2D eigenvalue weighted by molar-refractivity contribution is -0.126. The Balaban J connectivity index is 1.55. The van der Waals surface area contributed by atoms with Crippen molar-refractivity contribution < 1.29 is 36.4 Å². The van der Waals surface area contributed by atoms with Crippen molar-refractivity contribution in [2.24, 2.45) is 0 Å². The summed E-state index contributed by atoms with van der Waals surface area (Å²) in [6.45, 7) is 6.56. The SMILES string of the molecule is CC(C)(C)OC(=O)N1CCC[C@H](NC(=O)[C@@H]2CC[C@@H]3CN2C(=O)N3OS(=O)(=O)O)CC1. The van der Waals surface area contributed by atoms with E-state index in [1.54, 1.807) is 4.90 Å². The van der Waals surface area contributed by atoms with E-state index < -0.39 is 34.1 Å². The maximum Gasteiger partial charge on any atom is 0.418 e. The number of urea groups is 1. The van der Waals surface area contributed by atoms with Gasteiger partial charge >= 0.3 is 22.5 Å². The molecule has 3 aliphatic heterocycles. The smallest absolute Gasteiger partial charge is 0.418 e. The number of carbonyl (C=O) groups is 3. The molecular formula is C18H30N4O8S. The van der Waals surface area contributed by atoms with E-state index in [1.165, 1.54) is 4.90 Å². The summed E-state index contributed by atoms with van der Waals surface area (Å²) >= 11 is 0. The van der Waals surface area contributed by atoms with Crippen molar-refractivity contribution in [1.82, 2.24) is 20.2 Å². The van der Waals surface area contributed by atoms with Crippen LogP contribution in [0.25, 0.3) is 0 Å². The highest BCUT2D eigenvalue weighted by molar-refractivity contribution is 7.80. The molecule has 3 heterocycles. The van der Waals surface area contributed by atoms with Gasteiger partial charge in [-0.05, 0) is 52.9 Å². The van der Waals surface area contributed by atoms with Crippen LogP contribution in [0, 0.1) is 0 Å². The maximum absolute atomic E-state index is 12.9. The van der Waals surface area contributed by atoms with Crippen LogP contribution in [0.3, 0.4) is 0 Å². The van der Waals surface area contributed by atoms with Crippen molar-refractivity contribution in [2.45, 2.75) is 76.6 Å². The third kappa shape index (κ3) is 5.98. The topological polar surface area (TPSA) is 146 Å². The first kappa shape index (κ1) is 23.5. The first-order chi connectivity index (χ1) is 14.3. The molecule has 12 nitrogen and oxygen atoms in total. The highest BCUT2D eigenvalue weighted by Crippen LogP contribution is 2.31. The van der Waals surface area contributed by atoms with Crippen LogP contribution in [0.5, 0.6) is 0 Å². The Labute approximate surface area is 181 Å². The second-order valence-electron chi connectivity index (χ2n) is 9.11. The van der Waals surface area contributed by atoms with Crippen molar-refractivity contribution in [1.29, 1.82) is 0 Å². The van der Waals surface area contributed by atoms with Crippen molar-refractivity contribution in [2.75, 3.05) is 19.6 Å². The van der Waals surface area contributed by atoms with Crippen molar-refractivity contribution in [3.05, 3.63) is 0 Å². The molecule has 4 amide bonds. The van der Waals surface area contributed by atoms with Crippen LogP contribution in [-0.4, -0.2) is 89.2 Å². The summed E-state index contributed by atoms with van der Waals surface area (Å²) in [7, 11) is -4.83. The lowest BCUT2D eigenvalue weighted by Crippen LogP contribution is -2.52. The van der Waals surface area contributed by atoms with E-state index in [4.69, 9.17) is 9.29 Å². The number of amides is 4. The van der Waals surface area contributed by atoms with E-state index in [9.17, 15) is 22.8 Å². The van der Waals surface area contributed by atoms with Gasteiger partial charge in [0.25, 0.3) is 0 Å². The van der Waals surface area contributed by atoms with Gasteiger partial charge in [-0.15, -0.1) is 4.28 Å². The molecule has 0 aromatic rings. The highest BCUT2D eigenvalue weighted by atomic mass is 32.3. The number of nitrogens with one attached hydrogen (secondary N) is 1. The average molecular weight is 463 g/mol. The minimum atomic E-state index is -4.83. The Morgan fingerprint density at radius 3 is 2.48 bits per heavy atom. The molecule has 3 rings (SSSR count). The van der Waals surface area contributed by atoms with Crippen LogP contribution in [0.2, 0.25) is 0 Å². The summed E-state index contributed by atoms with van der Waals surface area (Å²) in [5, 5.41) is 3.58. The second kappa shape index (κ2) is 8.79. The third-order valence-corrected chi connectivity index (χ3v) is 5.88. The van der Waals surface area contributed by atoms with Crippen LogP contribution in [0.15, 0.2) is 0 Å². The number of hydroxylamine groups is 2. The lowest BCUT2D eigenvalue weighted by atomic mass is 9.99. The molecule has 31 heavy (non-hydrogen) atoms. The first-order valence-corrected chi connectivity index (χ1v) is 11.8. The van der Waals surface area contributed by atoms with Gasteiger partial charge in [0.1, 0.15) is 11.6 Å². The van der Waals surface area contributed by atoms with Gasteiger partial charge in [0.15, 0.2) is 0 Å². The molecule has 0 aromatic heterocycles. The van der Waals surface area contributed by atoms with Gasteiger partial charge in [-0.25, -0.2) is 9.59 Å². The van der Waals surface area contributed by atoms with Gasteiger partial charge in [0.05, 0.1) is 6.04 Å². The van der Waals surface area contributed by atoms with E-state index in [-0.39, 0.29) is 24.6 Å². The number of likely N-dealkylation sites (tertiary alicyclic amines) is 1. The minimum Gasteiger partial charge on any atom is -0.444 e. The van der Waals surface area contributed by atoms with Crippen molar-refractivity contribution in [3.8, 4) is 0 Å². The number of ether oxygens (including phenoxy) is 1. The molecule has 3 aliphatic rings. The van der Waals surface area contributed by atoms with Gasteiger partial charge in [-0.2, -0.15) is 13.5 Å². The van der Waals surface area contributed by atoms with Gasteiger partial charge in [0, 0.05) is 25.7 Å². The highest BCUT2D eigenvalue weighted by Gasteiger charge is 2.49. The molecule has 3 fully saturated rings. The Kier molecular flexibility index (Phi) is 6.67. The van der Waals surface area contributed by atoms with Crippen LogP contribution in [-0.2, 0) is 24.2 Å². The van der Waals surface area contributed by atoms with E-state index in [0.29, 0.717) is 50.3 Å². The van der Waals surface area contributed by atoms with Crippen molar-refractivity contribution >= 4 is 28.4 Å². The lowest BCUT2D eigenvalue weighted by Gasteiger charge is -2.30. The minimum absolute atomic E-state index is 0.142. The predicted octanol–water partition coefficient (Wildman–Crippen LogP) is 0.895. The monoisotopic (exact) mass is 462 g/mol. The molecule has 0 saturated carbocycles. The molecule has 2 N–H and O–H groups in total. The average Bonchev–Trinajstić information content (AvgIpc) is 2.80. The fourth-order valence-corrected chi connectivity index (χ4v) is 4.54. The largest absolute Gasteiger partial charge is 0.444 e. The molecule has 13 heteroatoms. The van der Waals surface area contributed by atoms with E-state index >= 15 is 0 Å². The predicted molar refractivity (Wildman–Crippen MR) is 107 cm³/mol. The molecule has 0 unspecified atom stereocenters. The molecule has 0 aromatic carbocycles. The molecule has 0 radical (unpaired) electrons. The summed E-state index contributed by atoms with van der Waals surface area (Å²) < 4.78 is 40.6. The molecule has 176 valence electrons. The molecule has 3 saturated heterocycles. The van der Waals surface area contributed by atoms with Crippen LogP contribution in [0.1, 0.15) is 52.9 Å². The summed E-state index contributed by atoms with van der Waals surface area (Å²) in [4.78, 5) is 40.5. The van der Waals surface area contributed by atoms with Gasteiger partial charge in [-0.3, -0.25) is 9.35 Å². The summed E-state index contributed by atoms with van der Waals surface area (Å²) in [5.74, 6) is -0.323. The van der Waals surface area contributed by atoms with Crippen molar-refractivity contribution in [3.63, 3.8) is 0 Å². The molecule has 3 atom stereocenters. The quantitative estimate of drug-likeness (QED) is 0.586. The zero-order chi connectivity index (χ0) is 23.0. The first-order valence-electron chi connectivity index (χ1n) is 10.4. The summed E-state index contributed by atoms with van der Waals surface area (Å²) in [6.07, 6.45) is 2.30. The fraction of sp³-hybridized carbons (Fsp3) is 0.833. The van der Waals surface area contributed by atoms with Crippen LogP contribution >= 0.6 is 0 Å². The van der Waals surface area contributed by atoms with E-state index in [2.05, 4.69) is 9.60 Å². The third-order valence-electron chi connectivity index (χ3n) is 5.53. The maximum atomic E-state index is 12.9. The number of piperidine rings is 1. The Hall–Kier alpha value is -2.12. The van der Waals surface area contributed by atoms with Gasteiger partial charge < -0.3 is 19.9 Å². The molecule has 2 bridgehead atoms. The Morgan fingerprint density at radius 2 is 1.84 bits per heavy atom. The number of carbonyl (C=O) groups excluding carboxylic acids is 3. The van der Waals surface area contributed by atoms with Gasteiger partial charge in [-0.1, -0.05) is 0 Å². The van der Waals surface area contributed by atoms with E-state index in [1.807, 2.05) is 20.8 Å². The Morgan fingerprint density at radius 1 is 1.13 bits per heavy atom. The van der Waals surface area contributed by atoms with Crippen LogP contribution in [0.4, 0.5) is 9.59 Å². The number of rotatable bonds is 4. The van der Waals surface area contributed by atoms with Gasteiger partial charge in [0.2, 0.25) is 5.91 Å². The molecule has 0 spiro atoms.